The molecule has 0 aliphatic heterocycles. The molecule has 4 nitrogen and oxygen atoms in total. The Hall–Kier alpha value is -1.39. The molecule has 0 aliphatic carbocycles. The fraction of sp³-hybridized carbons (Fsp3) is 0.562. The van der Waals surface area contributed by atoms with E-state index >= 15 is 0 Å². The number of ether oxygens (including phenoxy) is 1. The Morgan fingerprint density at radius 2 is 1.90 bits per heavy atom. The maximum absolute atomic E-state index is 11.9. The second kappa shape index (κ2) is 7.41. The first-order valence-electron chi connectivity index (χ1n) is 6.98. The van der Waals surface area contributed by atoms with Crippen LogP contribution in [0.1, 0.15) is 33.3 Å². The van der Waals surface area contributed by atoms with Gasteiger partial charge in [-0.25, -0.2) is 0 Å². The summed E-state index contributed by atoms with van der Waals surface area (Å²) in [4.78, 5) is 11.9. The van der Waals surface area contributed by atoms with Gasteiger partial charge in [-0.2, -0.15) is 0 Å². The van der Waals surface area contributed by atoms with E-state index in [-0.39, 0.29) is 18.4 Å². The Morgan fingerprint density at radius 1 is 1.30 bits per heavy atom. The SMILES string of the molecule is CC(OCc1ccccc1)C(=O)NCC(C)(O)C(C)C. The van der Waals surface area contributed by atoms with Gasteiger partial charge in [0.2, 0.25) is 5.91 Å². The van der Waals surface area contributed by atoms with Crippen LogP contribution in [0.25, 0.3) is 0 Å². The second-order valence-corrected chi connectivity index (χ2v) is 5.67. The summed E-state index contributed by atoms with van der Waals surface area (Å²) in [7, 11) is 0. The smallest absolute Gasteiger partial charge is 0.248 e. The summed E-state index contributed by atoms with van der Waals surface area (Å²) in [6, 6.07) is 9.71. The highest BCUT2D eigenvalue weighted by Crippen LogP contribution is 2.14. The van der Waals surface area contributed by atoms with Crippen LogP contribution in [-0.4, -0.2) is 29.3 Å². The predicted octanol–water partition coefficient (Wildman–Crippen LogP) is 2.11. The quantitative estimate of drug-likeness (QED) is 0.803. The van der Waals surface area contributed by atoms with Gasteiger partial charge in [-0.3, -0.25) is 4.79 Å². The van der Waals surface area contributed by atoms with Gasteiger partial charge in [0.25, 0.3) is 0 Å². The fourth-order valence-electron chi connectivity index (χ4n) is 1.49. The minimum Gasteiger partial charge on any atom is -0.388 e. The topological polar surface area (TPSA) is 58.6 Å². The minimum atomic E-state index is -0.908. The van der Waals surface area contributed by atoms with Crippen molar-refractivity contribution >= 4 is 5.91 Å². The number of amides is 1. The van der Waals surface area contributed by atoms with Gasteiger partial charge < -0.3 is 15.2 Å². The Kier molecular flexibility index (Phi) is 6.17. The van der Waals surface area contributed by atoms with Crippen molar-refractivity contribution in [3.05, 3.63) is 35.9 Å². The zero-order valence-electron chi connectivity index (χ0n) is 12.7. The van der Waals surface area contributed by atoms with Crippen molar-refractivity contribution < 1.29 is 14.6 Å². The van der Waals surface area contributed by atoms with Crippen LogP contribution < -0.4 is 5.32 Å². The van der Waals surface area contributed by atoms with Crippen molar-refractivity contribution in [2.24, 2.45) is 5.92 Å². The van der Waals surface area contributed by atoms with E-state index in [9.17, 15) is 9.90 Å². The van der Waals surface area contributed by atoms with Crippen LogP contribution >= 0.6 is 0 Å². The van der Waals surface area contributed by atoms with E-state index < -0.39 is 11.7 Å². The highest BCUT2D eigenvalue weighted by atomic mass is 16.5. The first-order valence-corrected chi connectivity index (χ1v) is 6.98. The highest BCUT2D eigenvalue weighted by molar-refractivity contribution is 5.80. The van der Waals surface area contributed by atoms with E-state index in [1.165, 1.54) is 0 Å². The molecule has 0 aliphatic rings. The second-order valence-electron chi connectivity index (χ2n) is 5.67. The largest absolute Gasteiger partial charge is 0.388 e. The lowest BCUT2D eigenvalue weighted by atomic mass is 9.92. The van der Waals surface area contributed by atoms with Gasteiger partial charge in [0, 0.05) is 6.54 Å². The van der Waals surface area contributed by atoms with Gasteiger partial charge >= 0.3 is 0 Å². The van der Waals surface area contributed by atoms with Crippen LogP contribution in [0.3, 0.4) is 0 Å². The monoisotopic (exact) mass is 279 g/mol. The van der Waals surface area contributed by atoms with Crippen molar-refractivity contribution in [3.63, 3.8) is 0 Å². The molecular weight excluding hydrogens is 254 g/mol. The molecular formula is C16H25NO3. The molecule has 0 fully saturated rings. The lowest BCUT2D eigenvalue weighted by Crippen LogP contribution is -2.47. The van der Waals surface area contributed by atoms with Crippen LogP contribution in [0.4, 0.5) is 0 Å². The van der Waals surface area contributed by atoms with Crippen LogP contribution in [0.15, 0.2) is 30.3 Å². The van der Waals surface area contributed by atoms with Crippen LogP contribution in [-0.2, 0) is 16.1 Å². The number of rotatable bonds is 7. The molecule has 0 radical (unpaired) electrons. The van der Waals surface area contributed by atoms with Crippen molar-refractivity contribution in [2.75, 3.05) is 6.54 Å². The molecule has 1 amide bonds. The molecule has 2 atom stereocenters. The number of hydrogen-bond donors (Lipinski definition) is 2. The van der Waals surface area contributed by atoms with Gasteiger partial charge in [0.05, 0.1) is 12.2 Å². The van der Waals surface area contributed by atoms with Crippen molar-refractivity contribution in [1.29, 1.82) is 0 Å². The third-order valence-corrected chi connectivity index (χ3v) is 3.58. The molecule has 0 spiro atoms. The van der Waals surface area contributed by atoms with Gasteiger partial charge in [-0.15, -0.1) is 0 Å². The number of carbonyl (C=O) groups is 1. The van der Waals surface area contributed by atoms with Crippen molar-refractivity contribution in [2.45, 2.75) is 46.0 Å². The van der Waals surface area contributed by atoms with Crippen molar-refractivity contribution in [1.82, 2.24) is 5.32 Å². The van der Waals surface area contributed by atoms with E-state index in [0.717, 1.165) is 5.56 Å². The molecule has 20 heavy (non-hydrogen) atoms. The van der Waals surface area contributed by atoms with Gasteiger partial charge in [0.15, 0.2) is 0 Å². The van der Waals surface area contributed by atoms with Crippen LogP contribution in [0.5, 0.6) is 0 Å². The molecule has 0 bridgehead atoms. The third-order valence-electron chi connectivity index (χ3n) is 3.58. The third kappa shape index (κ3) is 5.31. The maximum atomic E-state index is 11.9. The molecule has 112 valence electrons. The Labute approximate surface area is 121 Å². The molecule has 1 rings (SSSR count). The average Bonchev–Trinajstić information content (AvgIpc) is 2.43. The zero-order valence-corrected chi connectivity index (χ0v) is 12.7. The number of benzene rings is 1. The zero-order chi connectivity index (χ0) is 15.2. The minimum absolute atomic E-state index is 0.0725. The van der Waals surface area contributed by atoms with E-state index in [0.29, 0.717) is 6.61 Å². The predicted molar refractivity (Wildman–Crippen MR) is 79.2 cm³/mol. The lowest BCUT2D eigenvalue weighted by molar-refractivity contribution is -0.134. The number of aliphatic hydroxyl groups is 1. The molecule has 1 aromatic rings. The number of hydrogen-bond acceptors (Lipinski definition) is 3. The summed E-state index contributed by atoms with van der Waals surface area (Å²) >= 11 is 0. The Morgan fingerprint density at radius 3 is 2.45 bits per heavy atom. The molecule has 0 aromatic heterocycles. The summed E-state index contributed by atoms with van der Waals surface area (Å²) in [5.74, 6) is -0.134. The van der Waals surface area contributed by atoms with E-state index in [1.807, 2.05) is 44.2 Å². The van der Waals surface area contributed by atoms with E-state index in [4.69, 9.17) is 4.74 Å². The van der Waals surface area contributed by atoms with Crippen LogP contribution in [0, 0.1) is 5.92 Å². The standard InChI is InChI=1S/C16H25NO3/c1-12(2)16(4,19)11-17-15(18)13(3)20-10-14-8-6-5-7-9-14/h5-9,12-13,19H,10-11H2,1-4H3,(H,17,18). The maximum Gasteiger partial charge on any atom is 0.248 e. The molecule has 0 heterocycles. The van der Waals surface area contributed by atoms with Crippen LogP contribution in [0.2, 0.25) is 0 Å². The Bertz CT molecular complexity index is 415. The summed E-state index contributed by atoms with van der Waals surface area (Å²) in [6.45, 7) is 7.89. The average molecular weight is 279 g/mol. The first-order chi connectivity index (χ1) is 9.33. The first kappa shape index (κ1) is 16.7. The van der Waals surface area contributed by atoms with Gasteiger partial charge in [0.1, 0.15) is 6.10 Å². The molecule has 2 N–H and O–H groups in total. The highest BCUT2D eigenvalue weighted by Gasteiger charge is 2.26. The number of carbonyl (C=O) groups excluding carboxylic acids is 1. The van der Waals surface area contributed by atoms with E-state index in [2.05, 4.69) is 5.32 Å². The molecule has 0 saturated heterocycles. The molecule has 1 aromatic carbocycles. The summed E-state index contributed by atoms with van der Waals surface area (Å²) in [5.41, 5.74) is 0.121. The summed E-state index contributed by atoms with van der Waals surface area (Å²) < 4.78 is 5.52. The lowest BCUT2D eigenvalue weighted by Gasteiger charge is -2.28. The molecule has 2 unspecified atom stereocenters. The molecule has 4 heteroatoms. The summed E-state index contributed by atoms with van der Waals surface area (Å²) in [5, 5.41) is 12.8. The Balaban J connectivity index is 2.36. The normalized spacial score (nSPS) is 15.7. The van der Waals surface area contributed by atoms with E-state index in [1.54, 1.807) is 13.8 Å². The van der Waals surface area contributed by atoms with Gasteiger partial charge in [-0.1, -0.05) is 44.2 Å². The van der Waals surface area contributed by atoms with Crippen molar-refractivity contribution in [3.8, 4) is 0 Å². The fourth-order valence-corrected chi connectivity index (χ4v) is 1.49. The van der Waals surface area contributed by atoms with Gasteiger partial charge in [-0.05, 0) is 25.3 Å². The molecule has 0 saturated carbocycles. The number of nitrogens with one attached hydrogen (secondary N) is 1. The summed E-state index contributed by atoms with van der Waals surface area (Å²) in [6.07, 6.45) is -0.543.